The third kappa shape index (κ3) is 2.99. The van der Waals surface area contributed by atoms with Crippen LogP contribution >= 0.6 is 0 Å². The molecule has 2 heterocycles. The molecule has 4 aromatic rings. The number of nitrogen functional groups attached to an aromatic ring is 1. The van der Waals surface area contributed by atoms with Crippen molar-refractivity contribution in [3.8, 4) is 11.1 Å². The van der Waals surface area contributed by atoms with Gasteiger partial charge in [-0.2, -0.15) is 0 Å². The van der Waals surface area contributed by atoms with Crippen LogP contribution in [0, 0.1) is 5.82 Å². The van der Waals surface area contributed by atoms with Crippen LogP contribution in [0.4, 0.5) is 10.2 Å². The van der Waals surface area contributed by atoms with E-state index in [1.54, 1.807) is 38.2 Å². The van der Waals surface area contributed by atoms with E-state index in [2.05, 4.69) is 10.1 Å². The molecule has 0 saturated heterocycles. The summed E-state index contributed by atoms with van der Waals surface area (Å²) >= 11 is 0. The van der Waals surface area contributed by atoms with E-state index in [1.807, 2.05) is 30.3 Å². The maximum Gasteiger partial charge on any atom is 0.316 e. The van der Waals surface area contributed by atoms with Crippen molar-refractivity contribution in [2.24, 2.45) is 0 Å². The van der Waals surface area contributed by atoms with Gasteiger partial charge in [-0.05, 0) is 36.2 Å². The van der Waals surface area contributed by atoms with Crippen molar-refractivity contribution in [3.63, 3.8) is 0 Å². The van der Waals surface area contributed by atoms with Crippen molar-refractivity contribution < 1.29 is 14.3 Å². The van der Waals surface area contributed by atoms with Gasteiger partial charge in [-0.1, -0.05) is 49.4 Å². The summed E-state index contributed by atoms with van der Waals surface area (Å²) in [6, 6.07) is 17.1. The van der Waals surface area contributed by atoms with E-state index in [0.29, 0.717) is 22.5 Å². The second-order valence-corrected chi connectivity index (χ2v) is 7.48. The molecule has 152 valence electrons. The van der Waals surface area contributed by atoms with E-state index < -0.39 is 23.1 Å². The fraction of sp³-hybridized carbons (Fsp3) is 0.174. The molecule has 2 aromatic carbocycles. The molecule has 3 N–H and O–H groups in total. The number of anilines is 1. The summed E-state index contributed by atoms with van der Waals surface area (Å²) in [4.78, 5) is 17.0. The predicted octanol–water partition coefficient (Wildman–Crippen LogP) is 4.26. The highest BCUT2D eigenvalue weighted by Gasteiger charge is 2.44. The summed E-state index contributed by atoms with van der Waals surface area (Å²) in [7, 11) is 0. The largest absolute Gasteiger partial charge is 0.481 e. The van der Waals surface area contributed by atoms with E-state index in [4.69, 9.17) is 5.73 Å². The SMILES string of the molecule is CC(c1cccc(F)c1)[C@@](C)(C(=O)O)c1ccnc2c(-c3ccccc3)c(N)nn12. The van der Waals surface area contributed by atoms with E-state index in [9.17, 15) is 14.3 Å². The van der Waals surface area contributed by atoms with E-state index in [-0.39, 0.29) is 5.82 Å². The van der Waals surface area contributed by atoms with E-state index in [1.165, 1.54) is 16.6 Å². The molecule has 7 heteroatoms. The predicted molar refractivity (Wildman–Crippen MR) is 113 cm³/mol. The third-order valence-corrected chi connectivity index (χ3v) is 5.80. The molecule has 0 aliphatic rings. The Balaban J connectivity index is 1.95. The summed E-state index contributed by atoms with van der Waals surface area (Å²) in [5.74, 6) is -1.77. The van der Waals surface area contributed by atoms with Crippen LogP contribution in [-0.2, 0) is 10.2 Å². The lowest BCUT2D eigenvalue weighted by Gasteiger charge is -2.32. The molecule has 0 spiro atoms. The molecule has 4 rings (SSSR count). The molecule has 0 aliphatic heterocycles. The number of carboxylic acids is 1. The minimum Gasteiger partial charge on any atom is -0.481 e. The quantitative estimate of drug-likeness (QED) is 0.518. The Morgan fingerprint density at radius 3 is 2.57 bits per heavy atom. The topological polar surface area (TPSA) is 93.5 Å². The Kier molecular flexibility index (Phi) is 4.73. The zero-order valence-electron chi connectivity index (χ0n) is 16.6. The first-order chi connectivity index (χ1) is 14.3. The molecular weight excluding hydrogens is 383 g/mol. The van der Waals surface area contributed by atoms with Gasteiger partial charge in [0.2, 0.25) is 0 Å². The van der Waals surface area contributed by atoms with Crippen molar-refractivity contribution in [1.29, 1.82) is 0 Å². The number of fused-ring (bicyclic) bond motifs is 1. The van der Waals surface area contributed by atoms with Gasteiger partial charge in [0.05, 0.1) is 11.3 Å². The summed E-state index contributed by atoms with van der Waals surface area (Å²) in [5.41, 5.74) is 7.73. The van der Waals surface area contributed by atoms with Gasteiger partial charge in [0.1, 0.15) is 11.2 Å². The number of nitrogens with zero attached hydrogens (tertiary/aromatic N) is 3. The van der Waals surface area contributed by atoms with Gasteiger partial charge < -0.3 is 10.8 Å². The highest BCUT2D eigenvalue weighted by molar-refractivity contribution is 5.87. The molecule has 1 unspecified atom stereocenters. The first-order valence-electron chi connectivity index (χ1n) is 9.52. The smallest absolute Gasteiger partial charge is 0.316 e. The van der Waals surface area contributed by atoms with Crippen molar-refractivity contribution in [2.75, 3.05) is 5.73 Å². The molecule has 0 bridgehead atoms. The number of aliphatic carboxylic acids is 1. The van der Waals surface area contributed by atoms with Crippen molar-refractivity contribution in [1.82, 2.24) is 14.6 Å². The summed E-state index contributed by atoms with van der Waals surface area (Å²) in [6.07, 6.45) is 1.55. The van der Waals surface area contributed by atoms with Crippen molar-refractivity contribution >= 4 is 17.4 Å². The maximum absolute atomic E-state index is 13.8. The zero-order chi connectivity index (χ0) is 21.5. The molecule has 30 heavy (non-hydrogen) atoms. The van der Waals surface area contributed by atoms with Gasteiger partial charge in [-0.25, -0.2) is 13.9 Å². The standard InChI is InChI=1S/C23H21FN4O2/c1-14(16-9-6-10-17(24)13-16)23(2,22(29)30)18-11-12-26-21-19(20(25)27-28(18)21)15-7-4-3-5-8-15/h3-14H,1-2H3,(H2,25,27)(H,29,30)/t14?,23-/m1/s1. The minimum absolute atomic E-state index is 0.257. The molecule has 0 aliphatic carbocycles. The lowest BCUT2D eigenvalue weighted by molar-refractivity contribution is -0.144. The fourth-order valence-corrected chi connectivity index (χ4v) is 3.86. The first-order valence-corrected chi connectivity index (χ1v) is 9.52. The van der Waals surface area contributed by atoms with Crippen LogP contribution in [0.5, 0.6) is 0 Å². The highest BCUT2D eigenvalue weighted by atomic mass is 19.1. The molecule has 0 fully saturated rings. The monoisotopic (exact) mass is 404 g/mol. The normalized spacial score (nSPS) is 14.4. The number of carboxylic acid groups (broad SMARTS) is 1. The number of hydrogen-bond acceptors (Lipinski definition) is 4. The number of benzene rings is 2. The Morgan fingerprint density at radius 2 is 1.90 bits per heavy atom. The second kappa shape index (κ2) is 7.26. The second-order valence-electron chi connectivity index (χ2n) is 7.48. The van der Waals surface area contributed by atoms with Crippen LogP contribution in [0.1, 0.15) is 31.0 Å². The highest BCUT2D eigenvalue weighted by Crippen LogP contribution is 2.40. The number of aromatic nitrogens is 3. The third-order valence-electron chi connectivity index (χ3n) is 5.80. The summed E-state index contributed by atoms with van der Waals surface area (Å²) < 4.78 is 15.3. The Morgan fingerprint density at radius 1 is 1.17 bits per heavy atom. The number of rotatable bonds is 5. The molecular formula is C23H21FN4O2. The minimum atomic E-state index is -1.42. The Hall–Kier alpha value is -3.74. The van der Waals surface area contributed by atoms with Gasteiger partial charge in [-0.15, -0.1) is 5.10 Å². The maximum atomic E-state index is 13.8. The lowest BCUT2D eigenvalue weighted by Crippen LogP contribution is -2.39. The van der Waals surface area contributed by atoms with Gasteiger partial charge in [0, 0.05) is 12.1 Å². The zero-order valence-corrected chi connectivity index (χ0v) is 16.6. The average Bonchev–Trinajstić information content (AvgIpc) is 3.08. The van der Waals surface area contributed by atoms with Gasteiger partial charge >= 0.3 is 5.97 Å². The lowest BCUT2D eigenvalue weighted by atomic mass is 9.72. The molecule has 0 saturated carbocycles. The van der Waals surface area contributed by atoms with Crippen LogP contribution in [0.25, 0.3) is 16.8 Å². The van der Waals surface area contributed by atoms with Gasteiger partial charge in [0.15, 0.2) is 11.5 Å². The number of nitrogens with two attached hydrogens (primary N) is 1. The van der Waals surface area contributed by atoms with Crippen molar-refractivity contribution in [3.05, 3.63) is 83.9 Å². The van der Waals surface area contributed by atoms with Gasteiger partial charge in [-0.3, -0.25) is 4.79 Å². The van der Waals surface area contributed by atoms with Crippen LogP contribution in [0.15, 0.2) is 66.9 Å². The molecule has 6 nitrogen and oxygen atoms in total. The Bertz CT molecular complexity index is 1240. The molecule has 2 aromatic heterocycles. The van der Waals surface area contributed by atoms with Crippen LogP contribution in [-0.4, -0.2) is 25.7 Å². The number of halogens is 1. The molecule has 0 amide bonds. The van der Waals surface area contributed by atoms with Crippen LogP contribution in [0.3, 0.4) is 0 Å². The molecule has 2 atom stereocenters. The summed E-state index contributed by atoms with van der Waals surface area (Å²) in [5, 5.41) is 14.7. The molecule has 0 radical (unpaired) electrons. The van der Waals surface area contributed by atoms with E-state index in [0.717, 1.165) is 5.56 Å². The number of hydrogen-bond donors (Lipinski definition) is 2. The van der Waals surface area contributed by atoms with Crippen molar-refractivity contribution in [2.45, 2.75) is 25.2 Å². The number of carbonyl (C=O) groups is 1. The van der Waals surface area contributed by atoms with Crippen LogP contribution < -0.4 is 5.73 Å². The average molecular weight is 404 g/mol. The summed E-state index contributed by atoms with van der Waals surface area (Å²) in [6.45, 7) is 3.37. The van der Waals surface area contributed by atoms with Gasteiger partial charge in [0.25, 0.3) is 0 Å². The first kappa shape index (κ1) is 19.6. The fourth-order valence-electron chi connectivity index (χ4n) is 3.86. The van der Waals surface area contributed by atoms with E-state index >= 15 is 0 Å². The Labute approximate surface area is 172 Å². The van der Waals surface area contributed by atoms with Crippen LogP contribution in [0.2, 0.25) is 0 Å².